The molecule has 1 aromatic carbocycles. The van der Waals surface area contributed by atoms with E-state index in [1.54, 1.807) is 0 Å². The number of benzene rings is 1. The van der Waals surface area contributed by atoms with Gasteiger partial charge in [0.05, 0.1) is 0 Å². The number of carbonyl (C=O) groups is 1. The van der Waals surface area contributed by atoms with Crippen molar-refractivity contribution in [1.29, 1.82) is 0 Å². The second-order valence-electron chi connectivity index (χ2n) is 6.83. The van der Waals surface area contributed by atoms with Crippen LogP contribution in [0.1, 0.15) is 33.6 Å². The zero-order valence-electron chi connectivity index (χ0n) is 13.6. The number of anilines is 1. The van der Waals surface area contributed by atoms with E-state index in [1.807, 2.05) is 37.8 Å². The lowest BCUT2D eigenvalue weighted by molar-refractivity contribution is 0.0172. The molecule has 0 radical (unpaired) electrons. The van der Waals surface area contributed by atoms with Gasteiger partial charge in [-0.1, -0.05) is 22.0 Å². The van der Waals surface area contributed by atoms with E-state index >= 15 is 0 Å². The molecule has 1 N–H and O–H groups in total. The normalized spacial score (nSPS) is 18.9. The van der Waals surface area contributed by atoms with Gasteiger partial charge in [0.1, 0.15) is 5.60 Å². The third kappa shape index (κ3) is 5.52. The fraction of sp³-hybridized carbons (Fsp3) is 0.588. The predicted molar refractivity (Wildman–Crippen MR) is 93.2 cm³/mol. The molecule has 1 saturated heterocycles. The summed E-state index contributed by atoms with van der Waals surface area (Å²) in [5.41, 5.74) is 0.669. The average molecular weight is 369 g/mol. The average Bonchev–Trinajstić information content (AvgIpc) is 2.44. The molecule has 1 aliphatic rings. The second kappa shape index (κ2) is 7.36. The number of hydrogen-bond acceptors (Lipinski definition) is 3. The predicted octanol–water partition coefficient (Wildman–Crippen LogP) is 4.51. The summed E-state index contributed by atoms with van der Waals surface area (Å²) in [6.45, 7) is 8.14. The third-order valence-electron chi connectivity index (χ3n) is 3.59. The van der Waals surface area contributed by atoms with Crippen molar-refractivity contribution in [3.8, 4) is 0 Å². The van der Waals surface area contributed by atoms with Gasteiger partial charge in [0.2, 0.25) is 0 Å². The van der Waals surface area contributed by atoms with Gasteiger partial charge in [-0.15, -0.1) is 0 Å². The van der Waals surface area contributed by atoms with Crippen molar-refractivity contribution < 1.29 is 9.53 Å². The van der Waals surface area contributed by atoms with Crippen molar-refractivity contribution in [2.45, 2.75) is 39.2 Å². The number of rotatable bonds is 3. The highest BCUT2D eigenvalue weighted by atomic mass is 79.9. The summed E-state index contributed by atoms with van der Waals surface area (Å²) < 4.78 is 6.53. The maximum Gasteiger partial charge on any atom is 0.410 e. The Morgan fingerprint density at radius 1 is 1.45 bits per heavy atom. The maximum absolute atomic E-state index is 12.2. The first kappa shape index (κ1) is 17.1. The smallest absolute Gasteiger partial charge is 0.410 e. The number of amides is 1. The molecule has 1 fully saturated rings. The summed E-state index contributed by atoms with van der Waals surface area (Å²) in [5.74, 6) is 0.459. The van der Waals surface area contributed by atoms with Gasteiger partial charge >= 0.3 is 6.09 Å². The molecule has 122 valence electrons. The molecule has 4 nitrogen and oxygen atoms in total. The Morgan fingerprint density at radius 3 is 2.91 bits per heavy atom. The van der Waals surface area contributed by atoms with Crippen LogP contribution in [0.4, 0.5) is 10.5 Å². The van der Waals surface area contributed by atoms with Crippen LogP contribution in [0.5, 0.6) is 0 Å². The number of ether oxygens (including phenoxy) is 1. The number of halogens is 1. The SMILES string of the molecule is CC(C)(C)OC(=O)N1CCC[C@H](CNc2cccc(Br)c2)C1. The van der Waals surface area contributed by atoms with Crippen molar-refractivity contribution in [1.82, 2.24) is 4.90 Å². The first-order chi connectivity index (χ1) is 10.3. The number of hydrogen-bond donors (Lipinski definition) is 1. The lowest BCUT2D eigenvalue weighted by atomic mass is 9.98. The van der Waals surface area contributed by atoms with Crippen LogP contribution >= 0.6 is 15.9 Å². The molecule has 0 bridgehead atoms. The Labute approximate surface area is 141 Å². The van der Waals surface area contributed by atoms with Crippen molar-refractivity contribution in [2.75, 3.05) is 25.0 Å². The highest BCUT2D eigenvalue weighted by Crippen LogP contribution is 2.21. The van der Waals surface area contributed by atoms with Crippen molar-refractivity contribution >= 4 is 27.7 Å². The van der Waals surface area contributed by atoms with E-state index in [0.717, 1.165) is 42.6 Å². The molecule has 1 atom stereocenters. The van der Waals surface area contributed by atoms with Crippen LogP contribution in [0.15, 0.2) is 28.7 Å². The summed E-state index contributed by atoms with van der Waals surface area (Å²) in [6, 6.07) is 8.14. The molecule has 0 aromatic heterocycles. The minimum absolute atomic E-state index is 0.195. The van der Waals surface area contributed by atoms with Crippen LogP contribution < -0.4 is 5.32 Å². The number of nitrogens with zero attached hydrogens (tertiary/aromatic N) is 1. The van der Waals surface area contributed by atoms with Crippen LogP contribution in [0.2, 0.25) is 0 Å². The van der Waals surface area contributed by atoms with E-state index in [-0.39, 0.29) is 6.09 Å². The van der Waals surface area contributed by atoms with Crippen LogP contribution in [0.3, 0.4) is 0 Å². The van der Waals surface area contributed by atoms with Crippen LogP contribution in [-0.4, -0.2) is 36.2 Å². The van der Waals surface area contributed by atoms with E-state index in [9.17, 15) is 4.79 Å². The van der Waals surface area contributed by atoms with Crippen LogP contribution in [-0.2, 0) is 4.74 Å². The van der Waals surface area contributed by atoms with Gasteiger partial charge in [0.25, 0.3) is 0 Å². The fourth-order valence-electron chi connectivity index (χ4n) is 2.58. The van der Waals surface area contributed by atoms with Gasteiger partial charge in [-0.3, -0.25) is 0 Å². The van der Waals surface area contributed by atoms with Crippen molar-refractivity contribution in [3.63, 3.8) is 0 Å². The lowest BCUT2D eigenvalue weighted by Gasteiger charge is -2.34. The first-order valence-corrected chi connectivity index (χ1v) is 8.60. The number of piperidine rings is 1. The number of carbonyl (C=O) groups excluding carboxylic acids is 1. The van der Waals surface area contributed by atoms with Crippen molar-refractivity contribution in [3.05, 3.63) is 28.7 Å². The molecule has 0 spiro atoms. The quantitative estimate of drug-likeness (QED) is 0.853. The fourth-order valence-corrected chi connectivity index (χ4v) is 2.98. The van der Waals surface area contributed by atoms with Gasteiger partial charge in [-0.2, -0.15) is 0 Å². The Balaban J connectivity index is 1.84. The molecular formula is C17H25BrN2O2. The molecule has 1 aromatic rings. The van der Waals surface area contributed by atoms with E-state index in [2.05, 4.69) is 33.4 Å². The molecule has 1 heterocycles. The maximum atomic E-state index is 12.2. The largest absolute Gasteiger partial charge is 0.444 e. The molecule has 2 rings (SSSR count). The van der Waals surface area contributed by atoms with E-state index < -0.39 is 5.60 Å². The Kier molecular flexibility index (Phi) is 5.73. The number of likely N-dealkylation sites (tertiary alicyclic amines) is 1. The van der Waals surface area contributed by atoms with Crippen LogP contribution in [0.25, 0.3) is 0 Å². The van der Waals surface area contributed by atoms with Gasteiger partial charge in [0.15, 0.2) is 0 Å². The Hall–Kier alpha value is -1.23. The van der Waals surface area contributed by atoms with E-state index in [4.69, 9.17) is 4.74 Å². The molecule has 5 heteroatoms. The molecular weight excluding hydrogens is 344 g/mol. The van der Waals surface area contributed by atoms with Crippen molar-refractivity contribution in [2.24, 2.45) is 5.92 Å². The molecule has 0 unspecified atom stereocenters. The molecule has 1 aliphatic heterocycles. The first-order valence-electron chi connectivity index (χ1n) is 7.81. The van der Waals surface area contributed by atoms with Gasteiger partial charge in [0, 0.05) is 29.8 Å². The number of nitrogens with one attached hydrogen (secondary N) is 1. The van der Waals surface area contributed by atoms with Gasteiger partial charge in [-0.05, 0) is 57.7 Å². The van der Waals surface area contributed by atoms with Gasteiger partial charge < -0.3 is 15.0 Å². The molecule has 0 saturated carbocycles. The summed E-state index contributed by atoms with van der Waals surface area (Å²) >= 11 is 3.48. The molecule has 1 amide bonds. The van der Waals surface area contributed by atoms with E-state index in [0.29, 0.717) is 5.92 Å². The zero-order chi connectivity index (χ0) is 16.2. The molecule has 0 aliphatic carbocycles. The second-order valence-corrected chi connectivity index (χ2v) is 7.74. The summed E-state index contributed by atoms with van der Waals surface area (Å²) in [4.78, 5) is 14.0. The minimum atomic E-state index is -0.432. The highest BCUT2D eigenvalue weighted by molar-refractivity contribution is 9.10. The summed E-state index contributed by atoms with van der Waals surface area (Å²) in [7, 11) is 0. The standard InChI is InChI=1S/C17H25BrN2O2/c1-17(2,3)22-16(21)20-9-5-6-13(12-20)11-19-15-8-4-7-14(18)10-15/h4,7-8,10,13,19H,5-6,9,11-12H2,1-3H3/t13-/m1/s1. The van der Waals surface area contributed by atoms with Crippen LogP contribution in [0, 0.1) is 5.92 Å². The van der Waals surface area contributed by atoms with Gasteiger partial charge in [-0.25, -0.2) is 4.79 Å². The Bertz CT molecular complexity index is 514. The Morgan fingerprint density at radius 2 is 2.23 bits per heavy atom. The minimum Gasteiger partial charge on any atom is -0.444 e. The topological polar surface area (TPSA) is 41.6 Å². The monoisotopic (exact) mass is 368 g/mol. The molecule has 22 heavy (non-hydrogen) atoms. The zero-order valence-corrected chi connectivity index (χ0v) is 15.1. The summed E-state index contributed by atoms with van der Waals surface area (Å²) in [6.07, 6.45) is 1.98. The lowest BCUT2D eigenvalue weighted by Crippen LogP contribution is -2.44. The van der Waals surface area contributed by atoms with E-state index in [1.165, 1.54) is 0 Å². The third-order valence-corrected chi connectivity index (χ3v) is 4.08. The highest BCUT2D eigenvalue weighted by Gasteiger charge is 2.27. The summed E-state index contributed by atoms with van der Waals surface area (Å²) in [5, 5.41) is 3.45.